The molecule has 5 heteroatoms. The summed E-state index contributed by atoms with van der Waals surface area (Å²) in [6, 6.07) is 12.8. The Hall–Kier alpha value is -1.08. The van der Waals surface area contributed by atoms with Crippen LogP contribution in [-0.4, -0.2) is 5.91 Å². The molecule has 3 nitrogen and oxygen atoms in total. The molecule has 0 fully saturated rings. The van der Waals surface area contributed by atoms with Crippen LogP contribution >= 0.6 is 38.5 Å². The van der Waals surface area contributed by atoms with Crippen LogP contribution < -0.4 is 10.5 Å². The summed E-state index contributed by atoms with van der Waals surface area (Å²) in [7, 11) is 0. The predicted molar refractivity (Wildman–Crippen MR) is 81.9 cm³/mol. The Kier molecular flexibility index (Phi) is 4.23. The number of amides is 1. The van der Waals surface area contributed by atoms with Gasteiger partial charge in [-0.1, -0.05) is 6.07 Å². The van der Waals surface area contributed by atoms with Crippen LogP contribution in [0.3, 0.4) is 0 Å². The first kappa shape index (κ1) is 13.4. The second kappa shape index (κ2) is 5.71. The number of halogens is 2. The molecule has 2 aromatic rings. The van der Waals surface area contributed by atoms with Gasteiger partial charge < -0.3 is 10.5 Å². The second-order valence-corrected chi connectivity index (χ2v) is 5.63. The van der Waals surface area contributed by atoms with E-state index in [9.17, 15) is 4.79 Å². The van der Waals surface area contributed by atoms with E-state index in [0.29, 0.717) is 21.5 Å². The lowest BCUT2D eigenvalue weighted by Gasteiger charge is -2.10. The average Bonchev–Trinajstić information content (AvgIpc) is 2.32. The van der Waals surface area contributed by atoms with Crippen LogP contribution in [-0.2, 0) is 0 Å². The van der Waals surface area contributed by atoms with Gasteiger partial charge in [-0.05, 0) is 74.9 Å². The summed E-state index contributed by atoms with van der Waals surface area (Å²) in [5.74, 6) is 0.581. The largest absolute Gasteiger partial charge is 0.456 e. The van der Waals surface area contributed by atoms with Crippen molar-refractivity contribution in [3.05, 3.63) is 56.1 Å². The lowest BCUT2D eigenvalue weighted by molar-refractivity contribution is 0.0997. The molecule has 0 saturated carbocycles. The molecular formula is C13H9BrINO2. The highest BCUT2D eigenvalue weighted by atomic mass is 127. The minimum Gasteiger partial charge on any atom is -0.456 e. The van der Waals surface area contributed by atoms with Gasteiger partial charge in [0, 0.05) is 8.04 Å². The number of benzene rings is 2. The molecule has 2 rings (SSSR count). The third-order valence-corrected chi connectivity index (χ3v) is 3.64. The molecule has 0 saturated heterocycles. The zero-order chi connectivity index (χ0) is 13.1. The van der Waals surface area contributed by atoms with Gasteiger partial charge in [-0.3, -0.25) is 4.79 Å². The molecule has 0 unspecified atom stereocenters. The Morgan fingerprint density at radius 2 is 1.83 bits per heavy atom. The minimum atomic E-state index is -0.525. The van der Waals surface area contributed by atoms with Crippen molar-refractivity contribution in [2.24, 2.45) is 5.73 Å². The molecule has 2 aromatic carbocycles. The summed E-state index contributed by atoms with van der Waals surface area (Å²) < 4.78 is 7.41. The van der Waals surface area contributed by atoms with Crippen LogP contribution in [0.2, 0.25) is 0 Å². The van der Waals surface area contributed by atoms with Crippen LogP contribution in [0.5, 0.6) is 11.5 Å². The van der Waals surface area contributed by atoms with Crippen LogP contribution in [0.4, 0.5) is 0 Å². The maximum atomic E-state index is 11.4. The normalized spacial score (nSPS) is 10.1. The van der Waals surface area contributed by atoms with Crippen LogP contribution in [0.1, 0.15) is 10.4 Å². The quantitative estimate of drug-likeness (QED) is 0.769. The molecule has 0 aliphatic carbocycles. The van der Waals surface area contributed by atoms with Crippen molar-refractivity contribution in [3.63, 3.8) is 0 Å². The zero-order valence-corrected chi connectivity index (χ0v) is 12.9. The van der Waals surface area contributed by atoms with E-state index in [1.165, 1.54) is 0 Å². The molecule has 0 aliphatic heterocycles. The monoisotopic (exact) mass is 417 g/mol. The number of carbonyl (C=O) groups is 1. The summed E-state index contributed by atoms with van der Waals surface area (Å²) >= 11 is 5.50. The number of primary amides is 1. The van der Waals surface area contributed by atoms with Crippen LogP contribution in [0, 0.1) is 3.57 Å². The fraction of sp³-hybridized carbons (Fsp3) is 0. The molecule has 0 heterocycles. The van der Waals surface area contributed by atoms with E-state index in [4.69, 9.17) is 10.5 Å². The Morgan fingerprint density at radius 1 is 1.17 bits per heavy atom. The topological polar surface area (TPSA) is 52.3 Å². The van der Waals surface area contributed by atoms with E-state index in [1.807, 2.05) is 24.3 Å². The summed E-state index contributed by atoms with van der Waals surface area (Å²) in [5, 5.41) is 0. The predicted octanol–water partition coefficient (Wildman–Crippen LogP) is 3.94. The van der Waals surface area contributed by atoms with Gasteiger partial charge in [-0.25, -0.2) is 0 Å². The average molecular weight is 418 g/mol. The number of ether oxygens (including phenoxy) is 1. The van der Waals surface area contributed by atoms with E-state index in [0.717, 1.165) is 3.57 Å². The van der Waals surface area contributed by atoms with Gasteiger partial charge in [0.1, 0.15) is 11.5 Å². The molecule has 1 amide bonds. The van der Waals surface area contributed by atoms with Crippen LogP contribution in [0.15, 0.2) is 46.9 Å². The lowest BCUT2D eigenvalue weighted by Crippen LogP contribution is -2.13. The second-order valence-electron chi connectivity index (χ2n) is 3.53. The van der Waals surface area contributed by atoms with Crippen molar-refractivity contribution >= 4 is 44.4 Å². The number of hydrogen-bond acceptors (Lipinski definition) is 2. The van der Waals surface area contributed by atoms with E-state index in [1.54, 1.807) is 18.2 Å². The highest BCUT2D eigenvalue weighted by molar-refractivity contribution is 14.1. The number of rotatable bonds is 3. The van der Waals surface area contributed by atoms with E-state index in [-0.39, 0.29) is 0 Å². The molecule has 18 heavy (non-hydrogen) atoms. The first-order chi connectivity index (χ1) is 8.58. The molecule has 92 valence electrons. The Labute approximate surface area is 127 Å². The number of hydrogen-bond donors (Lipinski definition) is 1. The highest BCUT2D eigenvalue weighted by Gasteiger charge is 2.13. The van der Waals surface area contributed by atoms with Crippen molar-refractivity contribution in [2.75, 3.05) is 0 Å². The van der Waals surface area contributed by atoms with Crippen molar-refractivity contribution < 1.29 is 9.53 Å². The van der Waals surface area contributed by atoms with Gasteiger partial charge in [-0.15, -0.1) is 0 Å². The molecule has 0 aliphatic rings. The van der Waals surface area contributed by atoms with Gasteiger partial charge in [-0.2, -0.15) is 0 Å². The summed E-state index contributed by atoms with van der Waals surface area (Å²) in [6.45, 7) is 0. The van der Waals surface area contributed by atoms with Crippen molar-refractivity contribution in [2.45, 2.75) is 0 Å². The Bertz CT molecular complexity index is 584. The SMILES string of the molecule is NC(=O)c1c(Br)cccc1Oc1ccc(I)cc1. The smallest absolute Gasteiger partial charge is 0.253 e. The third-order valence-electron chi connectivity index (χ3n) is 2.26. The highest BCUT2D eigenvalue weighted by Crippen LogP contribution is 2.30. The first-order valence-corrected chi connectivity index (χ1v) is 6.97. The molecule has 0 aromatic heterocycles. The van der Waals surface area contributed by atoms with Crippen LogP contribution in [0.25, 0.3) is 0 Å². The van der Waals surface area contributed by atoms with Crippen molar-refractivity contribution in [3.8, 4) is 11.5 Å². The van der Waals surface area contributed by atoms with Crippen molar-refractivity contribution in [1.29, 1.82) is 0 Å². The zero-order valence-electron chi connectivity index (χ0n) is 9.19. The van der Waals surface area contributed by atoms with Gasteiger partial charge in [0.15, 0.2) is 0 Å². The van der Waals surface area contributed by atoms with Gasteiger partial charge >= 0.3 is 0 Å². The lowest BCUT2D eigenvalue weighted by atomic mass is 10.2. The summed E-state index contributed by atoms with van der Waals surface area (Å²) in [5.41, 5.74) is 5.69. The molecule has 0 radical (unpaired) electrons. The fourth-order valence-electron chi connectivity index (χ4n) is 1.46. The first-order valence-electron chi connectivity index (χ1n) is 5.09. The molecule has 0 atom stereocenters. The standard InChI is InChI=1S/C13H9BrINO2/c14-10-2-1-3-11(12(10)13(16)17)18-9-6-4-8(15)5-7-9/h1-7H,(H2,16,17). The molecule has 0 bridgehead atoms. The maximum Gasteiger partial charge on any atom is 0.253 e. The number of nitrogens with two attached hydrogens (primary N) is 1. The van der Waals surface area contributed by atoms with Crippen molar-refractivity contribution in [1.82, 2.24) is 0 Å². The Morgan fingerprint density at radius 3 is 2.44 bits per heavy atom. The third kappa shape index (κ3) is 3.02. The van der Waals surface area contributed by atoms with Gasteiger partial charge in [0.25, 0.3) is 5.91 Å². The van der Waals surface area contributed by atoms with E-state index < -0.39 is 5.91 Å². The summed E-state index contributed by atoms with van der Waals surface area (Å²) in [6.07, 6.45) is 0. The van der Waals surface area contributed by atoms with Gasteiger partial charge in [0.2, 0.25) is 0 Å². The molecule has 2 N–H and O–H groups in total. The Balaban J connectivity index is 2.37. The maximum absolute atomic E-state index is 11.4. The molecular weight excluding hydrogens is 409 g/mol. The fourth-order valence-corrected chi connectivity index (χ4v) is 2.36. The van der Waals surface area contributed by atoms with E-state index in [2.05, 4.69) is 38.5 Å². The molecule has 0 spiro atoms. The van der Waals surface area contributed by atoms with E-state index >= 15 is 0 Å². The minimum absolute atomic E-state index is 0.344. The summed E-state index contributed by atoms with van der Waals surface area (Å²) in [4.78, 5) is 11.4. The van der Waals surface area contributed by atoms with Gasteiger partial charge in [0.05, 0.1) is 5.56 Å². The number of carbonyl (C=O) groups excluding carboxylic acids is 1.